The van der Waals surface area contributed by atoms with Gasteiger partial charge in [0.1, 0.15) is 5.76 Å². The van der Waals surface area contributed by atoms with E-state index in [9.17, 15) is 4.79 Å². The van der Waals surface area contributed by atoms with E-state index in [0.717, 1.165) is 10.7 Å². The quantitative estimate of drug-likeness (QED) is 0.819. The minimum absolute atomic E-state index is 0.0647. The Labute approximate surface area is 115 Å². The molecule has 0 saturated heterocycles. The number of hydrogen-bond donors (Lipinski definition) is 2. The first kappa shape index (κ1) is 13.5. The molecule has 1 amide bonds. The monoisotopic (exact) mass is 277 g/mol. The molecule has 2 heterocycles. The molecular formula is C13H15N3O2S. The minimum Gasteiger partial charge on any atom is -0.467 e. The lowest BCUT2D eigenvalue weighted by Gasteiger charge is -2.11. The summed E-state index contributed by atoms with van der Waals surface area (Å²) in [6, 6.07) is 5.28. The summed E-state index contributed by atoms with van der Waals surface area (Å²) in [5.74, 6) is 0.978. The van der Waals surface area contributed by atoms with Crippen molar-refractivity contribution in [2.24, 2.45) is 0 Å². The van der Waals surface area contributed by atoms with E-state index < -0.39 is 0 Å². The molecule has 100 valence electrons. The number of anilines is 1. The lowest BCUT2D eigenvalue weighted by molar-refractivity contribution is -0.119. The molecule has 2 rings (SSSR count). The van der Waals surface area contributed by atoms with E-state index in [4.69, 9.17) is 10.2 Å². The Morgan fingerprint density at radius 2 is 2.42 bits per heavy atom. The van der Waals surface area contributed by atoms with Crippen molar-refractivity contribution in [3.8, 4) is 0 Å². The van der Waals surface area contributed by atoms with Gasteiger partial charge >= 0.3 is 0 Å². The fourth-order valence-electron chi connectivity index (χ4n) is 1.56. The van der Waals surface area contributed by atoms with Crippen LogP contribution in [-0.2, 0) is 4.79 Å². The highest BCUT2D eigenvalue weighted by atomic mass is 32.2. The highest BCUT2D eigenvalue weighted by molar-refractivity contribution is 8.00. The first-order chi connectivity index (χ1) is 9.16. The maximum atomic E-state index is 11.8. The van der Waals surface area contributed by atoms with E-state index in [-0.39, 0.29) is 11.9 Å². The van der Waals surface area contributed by atoms with Crippen molar-refractivity contribution in [2.75, 3.05) is 11.5 Å². The number of aromatic nitrogens is 1. The van der Waals surface area contributed by atoms with Gasteiger partial charge in [-0.3, -0.25) is 9.78 Å². The van der Waals surface area contributed by atoms with Crippen molar-refractivity contribution in [1.29, 1.82) is 0 Å². The van der Waals surface area contributed by atoms with Crippen LogP contribution in [0, 0.1) is 0 Å². The molecule has 0 aromatic carbocycles. The van der Waals surface area contributed by atoms with E-state index in [0.29, 0.717) is 11.4 Å². The largest absolute Gasteiger partial charge is 0.467 e. The Morgan fingerprint density at radius 3 is 3.11 bits per heavy atom. The molecular weight excluding hydrogens is 262 g/mol. The van der Waals surface area contributed by atoms with E-state index >= 15 is 0 Å². The van der Waals surface area contributed by atoms with Gasteiger partial charge in [-0.1, -0.05) is 0 Å². The molecule has 2 aromatic rings. The first-order valence-corrected chi connectivity index (χ1v) is 6.80. The Kier molecular flexibility index (Phi) is 4.46. The summed E-state index contributed by atoms with van der Waals surface area (Å²) in [6.45, 7) is 1.88. The van der Waals surface area contributed by atoms with Crippen molar-refractivity contribution in [3.63, 3.8) is 0 Å². The van der Waals surface area contributed by atoms with Crippen LogP contribution in [0.1, 0.15) is 18.7 Å². The lowest BCUT2D eigenvalue weighted by Crippen LogP contribution is -2.27. The van der Waals surface area contributed by atoms with Gasteiger partial charge in [0.15, 0.2) is 0 Å². The van der Waals surface area contributed by atoms with Crippen molar-refractivity contribution >= 4 is 23.4 Å². The fraction of sp³-hybridized carbons (Fsp3) is 0.231. The maximum absolute atomic E-state index is 11.8. The zero-order chi connectivity index (χ0) is 13.7. The third kappa shape index (κ3) is 3.75. The van der Waals surface area contributed by atoms with Gasteiger partial charge in [0.25, 0.3) is 0 Å². The lowest BCUT2D eigenvalue weighted by atomic mass is 10.2. The Bertz CT molecular complexity index is 543. The number of rotatable bonds is 5. The third-order valence-corrected chi connectivity index (χ3v) is 3.61. The van der Waals surface area contributed by atoms with Crippen LogP contribution in [0.25, 0.3) is 0 Å². The smallest absolute Gasteiger partial charge is 0.230 e. The van der Waals surface area contributed by atoms with Crippen molar-refractivity contribution < 1.29 is 9.21 Å². The molecule has 6 heteroatoms. The molecule has 0 aliphatic carbocycles. The normalized spacial score (nSPS) is 12.1. The standard InChI is InChI=1S/C13H15N3O2S/c1-9(11-3-2-6-18-11)16-13(17)8-19-12-4-5-15-7-10(12)14/h2-7,9H,8,14H2,1H3,(H,16,17). The second-order valence-electron chi connectivity index (χ2n) is 4.01. The molecule has 0 bridgehead atoms. The molecule has 0 aliphatic heterocycles. The van der Waals surface area contributed by atoms with Gasteiger partial charge in [-0.25, -0.2) is 0 Å². The number of nitrogens with one attached hydrogen (secondary N) is 1. The maximum Gasteiger partial charge on any atom is 0.230 e. The molecule has 0 fully saturated rings. The summed E-state index contributed by atoms with van der Waals surface area (Å²) >= 11 is 1.39. The van der Waals surface area contributed by atoms with Gasteiger partial charge in [-0.05, 0) is 25.1 Å². The highest BCUT2D eigenvalue weighted by Crippen LogP contribution is 2.23. The van der Waals surface area contributed by atoms with Crippen LogP contribution in [0.4, 0.5) is 5.69 Å². The Balaban J connectivity index is 1.84. The second kappa shape index (κ2) is 6.29. The molecule has 0 radical (unpaired) electrons. The van der Waals surface area contributed by atoms with Crippen molar-refractivity contribution in [3.05, 3.63) is 42.6 Å². The Morgan fingerprint density at radius 1 is 1.58 bits per heavy atom. The van der Waals surface area contributed by atoms with Gasteiger partial charge < -0.3 is 15.5 Å². The molecule has 5 nitrogen and oxygen atoms in total. The summed E-state index contributed by atoms with van der Waals surface area (Å²) in [7, 11) is 0. The van der Waals surface area contributed by atoms with E-state index in [1.165, 1.54) is 11.8 Å². The summed E-state index contributed by atoms with van der Waals surface area (Å²) in [5, 5.41) is 2.86. The summed E-state index contributed by atoms with van der Waals surface area (Å²) in [6.07, 6.45) is 4.82. The number of hydrogen-bond acceptors (Lipinski definition) is 5. The molecule has 0 saturated carbocycles. The number of nitrogen functional groups attached to an aromatic ring is 1. The van der Waals surface area contributed by atoms with Crippen LogP contribution in [0.3, 0.4) is 0 Å². The summed E-state index contributed by atoms with van der Waals surface area (Å²) < 4.78 is 5.23. The molecule has 0 aliphatic rings. The summed E-state index contributed by atoms with van der Waals surface area (Å²) in [4.78, 5) is 16.6. The molecule has 2 aromatic heterocycles. The average Bonchev–Trinajstić information content (AvgIpc) is 2.91. The summed E-state index contributed by atoms with van der Waals surface area (Å²) in [5.41, 5.74) is 6.34. The topological polar surface area (TPSA) is 81.2 Å². The first-order valence-electron chi connectivity index (χ1n) is 5.82. The molecule has 1 unspecified atom stereocenters. The zero-order valence-electron chi connectivity index (χ0n) is 10.5. The number of nitrogens with zero attached hydrogens (tertiary/aromatic N) is 1. The minimum atomic E-state index is -0.141. The van der Waals surface area contributed by atoms with Crippen LogP contribution in [0.2, 0.25) is 0 Å². The molecule has 1 atom stereocenters. The van der Waals surface area contributed by atoms with Crippen molar-refractivity contribution in [1.82, 2.24) is 10.3 Å². The van der Waals surface area contributed by atoms with Crippen LogP contribution < -0.4 is 11.1 Å². The van der Waals surface area contributed by atoms with Crippen LogP contribution in [0.5, 0.6) is 0 Å². The van der Waals surface area contributed by atoms with E-state index in [1.807, 2.05) is 13.0 Å². The SMILES string of the molecule is CC(NC(=O)CSc1ccncc1N)c1ccco1. The number of thioether (sulfide) groups is 1. The number of carbonyl (C=O) groups is 1. The van der Waals surface area contributed by atoms with Crippen molar-refractivity contribution in [2.45, 2.75) is 17.9 Å². The van der Waals surface area contributed by atoms with Gasteiger partial charge in [-0.15, -0.1) is 11.8 Å². The number of pyridine rings is 1. The van der Waals surface area contributed by atoms with Gasteiger partial charge in [0.05, 0.1) is 29.9 Å². The predicted octanol–water partition coefficient (Wildman–Crippen LogP) is 2.23. The number of carbonyl (C=O) groups excluding carboxylic acids is 1. The molecule has 3 N–H and O–H groups in total. The van der Waals surface area contributed by atoms with E-state index in [1.54, 1.807) is 30.8 Å². The van der Waals surface area contributed by atoms with Crippen LogP contribution >= 0.6 is 11.8 Å². The zero-order valence-corrected chi connectivity index (χ0v) is 11.3. The number of furan rings is 1. The molecule has 19 heavy (non-hydrogen) atoms. The fourth-order valence-corrected chi connectivity index (χ4v) is 2.31. The third-order valence-electron chi connectivity index (χ3n) is 2.52. The number of amides is 1. The predicted molar refractivity (Wildman–Crippen MR) is 74.6 cm³/mol. The average molecular weight is 277 g/mol. The molecule has 0 spiro atoms. The van der Waals surface area contributed by atoms with E-state index in [2.05, 4.69) is 10.3 Å². The number of nitrogens with two attached hydrogens (primary N) is 1. The Hall–Kier alpha value is -1.95. The van der Waals surface area contributed by atoms with Gasteiger partial charge in [-0.2, -0.15) is 0 Å². The van der Waals surface area contributed by atoms with Gasteiger partial charge in [0.2, 0.25) is 5.91 Å². The highest BCUT2D eigenvalue weighted by Gasteiger charge is 2.12. The van der Waals surface area contributed by atoms with Crippen LogP contribution in [0.15, 0.2) is 46.2 Å². The van der Waals surface area contributed by atoms with Gasteiger partial charge in [0, 0.05) is 11.1 Å². The van der Waals surface area contributed by atoms with Crippen LogP contribution in [-0.4, -0.2) is 16.6 Å². The second-order valence-corrected chi connectivity index (χ2v) is 5.02.